The van der Waals surface area contributed by atoms with Crippen molar-refractivity contribution in [2.45, 2.75) is 18.5 Å². The number of nitrogens with zero attached hydrogens (tertiary/aromatic N) is 1. The van der Waals surface area contributed by atoms with Gasteiger partial charge in [0.05, 0.1) is 23.8 Å². The van der Waals surface area contributed by atoms with Crippen molar-refractivity contribution < 1.29 is 36.6 Å². The molecule has 1 aromatic heterocycles. The Kier molecular flexibility index (Phi) is 5.55. The minimum absolute atomic E-state index is 0.0694. The number of hydrogen-bond donors (Lipinski definition) is 3. The lowest BCUT2D eigenvalue weighted by atomic mass is 9.99. The fourth-order valence-electron chi connectivity index (χ4n) is 2.35. The van der Waals surface area contributed by atoms with E-state index in [0.29, 0.717) is 12.1 Å². The summed E-state index contributed by atoms with van der Waals surface area (Å²) in [4.78, 5) is 3.14. The molecule has 0 aliphatic heterocycles. The maximum atomic E-state index is 13.1. The Morgan fingerprint density at radius 2 is 1.76 bits per heavy atom. The lowest BCUT2D eigenvalue weighted by molar-refractivity contribution is -0.142. The van der Waals surface area contributed by atoms with Crippen LogP contribution in [-0.2, 0) is 12.4 Å². The number of fused-ring (bicyclic) bond motifs is 1. The normalized spacial score (nSPS) is 14.1. The van der Waals surface area contributed by atoms with Gasteiger partial charge in [0.25, 0.3) is 0 Å². The van der Waals surface area contributed by atoms with Crippen LogP contribution in [0.3, 0.4) is 0 Å². The first kappa shape index (κ1) is 19.4. The fourth-order valence-corrected chi connectivity index (χ4v) is 2.35. The Bertz CT molecular complexity index is 745. The van der Waals surface area contributed by atoms with Gasteiger partial charge in [-0.1, -0.05) is 12.1 Å². The van der Waals surface area contributed by atoms with Crippen LogP contribution in [0, 0.1) is 0 Å². The number of benzene rings is 1. The first-order chi connectivity index (χ1) is 11.6. The fraction of sp³-hybridized carbons (Fsp3) is 0.400. The van der Waals surface area contributed by atoms with Crippen LogP contribution in [0.5, 0.6) is 0 Å². The molecule has 0 saturated carbocycles. The first-order valence-corrected chi connectivity index (χ1v) is 7.13. The zero-order valence-corrected chi connectivity index (χ0v) is 12.6. The van der Waals surface area contributed by atoms with Crippen LogP contribution >= 0.6 is 0 Å². The van der Waals surface area contributed by atoms with Crippen LogP contribution in [0.25, 0.3) is 10.9 Å². The minimum Gasteiger partial charge on any atom is -0.395 e. The van der Waals surface area contributed by atoms with Gasteiger partial charge in [0.15, 0.2) is 0 Å². The van der Waals surface area contributed by atoms with E-state index < -0.39 is 35.2 Å². The number of pyridine rings is 1. The maximum absolute atomic E-state index is 13.1. The molecule has 0 bridgehead atoms. The van der Waals surface area contributed by atoms with Crippen molar-refractivity contribution in [2.24, 2.45) is 0 Å². The molecule has 1 atom stereocenters. The predicted molar refractivity (Wildman–Crippen MR) is 76.7 cm³/mol. The van der Waals surface area contributed by atoms with Gasteiger partial charge < -0.3 is 15.5 Å². The van der Waals surface area contributed by atoms with Crippen molar-refractivity contribution in [1.82, 2.24) is 10.3 Å². The Morgan fingerprint density at radius 3 is 2.32 bits per heavy atom. The molecule has 1 heterocycles. The van der Waals surface area contributed by atoms with Crippen molar-refractivity contribution in [3.63, 3.8) is 0 Å². The van der Waals surface area contributed by atoms with E-state index in [1.807, 2.05) is 0 Å². The molecule has 0 saturated heterocycles. The van der Waals surface area contributed by atoms with E-state index in [4.69, 9.17) is 5.11 Å². The summed E-state index contributed by atoms with van der Waals surface area (Å²) in [5.74, 6) is 0. The molecule has 3 N–H and O–H groups in total. The number of alkyl halides is 6. The summed E-state index contributed by atoms with van der Waals surface area (Å²) in [7, 11) is 0. The molecule has 2 aromatic rings. The van der Waals surface area contributed by atoms with Gasteiger partial charge in [0.1, 0.15) is 5.69 Å². The Hall–Kier alpha value is -1.91. The van der Waals surface area contributed by atoms with E-state index in [1.165, 1.54) is 6.07 Å². The molecule has 0 spiro atoms. The van der Waals surface area contributed by atoms with Crippen LogP contribution in [0.2, 0.25) is 0 Å². The Morgan fingerprint density at radius 1 is 1.08 bits per heavy atom. The van der Waals surface area contributed by atoms with Gasteiger partial charge in [-0.2, -0.15) is 26.3 Å². The summed E-state index contributed by atoms with van der Waals surface area (Å²) >= 11 is 0. The van der Waals surface area contributed by atoms with Crippen molar-refractivity contribution in [3.8, 4) is 0 Å². The average molecular weight is 368 g/mol. The van der Waals surface area contributed by atoms with Crippen LogP contribution < -0.4 is 5.32 Å². The van der Waals surface area contributed by atoms with E-state index in [1.54, 1.807) is 0 Å². The summed E-state index contributed by atoms with van der Waals surface area (Å²) in [6.45, 7) is -0.441. The van der Waals surface area contributed by atoms with Gasteiger partial charge in [-0.3, -0.25) is 0 Å². The SMILES string of the molecule is OCCNC[C@@H](O)c1cc(C(F)(F)F)nc2c(C(F)(F)F)cccc12. The maximum Gasteiger partial charge on any atom is 0.433 e. The minimum atomic E-state index is -4.97. The summed E-state index contributed by atoms with van der Waals surface area (Å²) in [5, 5.41) is 21.1. The molecule has 2 rings (SSSR count). The highest BCUT2D eigenvalue weighted by atomic mass is 19.4. The molecule has 10 heteroatoms. The van der Waals surface area contributed by atoms with E-state index >= 15 is 0 Å². The third-order valence-corrected chi connectivity index (χ3v) is 3.45. The van der Waals surface area contributed by atoms with Crippen molar-refractivity contribution in [2.75, 3.05) is 19.7 Å². The topological polar surface area (TPSA) is 65.4 Å². The van der Waals surface area contributed by atoms with Gasteiger partial charge in [0.2, 0.25) is 0 Å². The summed E-state index contributed by atoms with van der Waals surface area (Å²) in [5.41, 5.74) is -4.03. The van der Waals surface area contributed by atoms with Gasteiger partial charge in [-0.25, -0.2) is 4.98 Å². The van der Waals surface area contributed by atoms with Crippen LogP contribution in [0.4, 0.5) is 26.3 Å². The number of rotatable bonds is 5. The number of hydrogen-bond acceptors (Lipinski definition) is 4. The van der Waals surface area contributed by atoms with Gasteiger partial charge in [0, 0.05) is 18.5 Å². The smallest absolute Gasteiger partial charge is 0.395 e. The molecule has 0 aliphatic rings. The van der Waals surface area contributed by atoms with Gasteiger partial charge in [-0.05, 0) is 17.7 Å². The molecule has 0 fully saturated rings. The molecule has 138 valence electrons. The van der Waals surface area contributed by atoms with Gasteiger partial charge in [-0.15, -0.1) is 0 Å². The molecule has 0 radical (unpaired) electrons. The monoisotopic (exact) mass is 368 g/mol. The zero-order chi connectivity index (χ0) is 18.8. The Labute approximate surface area is 138 Å². The Balaban J connectivity index is 2.67. The predicted octanol–water partition coefficient (Wildman–Crippen LogP) is 2.89. The first-order valence-electron chi connectivity index (χ1n) is 7.13. The number of aliphatic hydroxyl groups excluding tert-OH is 2. The van der Waals surface area contributed by atoms with E-state index in [2.05, 4.69) is 10.3 Å². The summed E-state index contributed by atoms with van der Waals surface area (Å²) < 4.78 is 78.4. The van der Waals surface area contributed by atoms with E-state index in [9.17, 15) is 31.4 Å². The molecule has 0 amide bonds. The highest BCUT2D eigenvalue weighted by molar-refractivity contribution is 5.86. The molecular formula is C15H14F6N2O2. The van der Waals surface area contributed by atoms with E-state index in [-0.39, 0.29) is 30.6 Å². The van der Waals surface area contributed by atoms with Crippen molar-refractivity contribution in [1.29, 1.82) is 0 Å². The average Bonchev–Trinajstić information content (AvgIpc) is 2.51. The second-order valence-electron chi connectivity index (χ2n) is 5.24. The lowest BCUT2D eigenvalue weighted by Gasteiger charge is -2.18. The summed E-state index contributed by atoms with van der Waals surface area (Å²) in [6.07, 6.45) is -11.4. The van der Waals surface area contributed by atoms with Crippen molar-refractivity contribution in [3.05, 3.63) is 41.1 Å². The second kappa shape index (κ2) is 7.14. The standard InChI is InChI=1S/C15H14F6N2O2/c16-14(17,18)10-3-1-2-8-9(11(25)7-22-4-5-24)6-12(15(19,20)21)23-13(8)10/h1-3,6,11,22,24-25H,4-5,7H2/t11-/m1/s1. The zero-order valence-electron chi connectivity index (χ0n) is 12.6. The largest absolute Gasteiger partial charge is 0.433 e. The van der Waals surface area contributed by atoms with Crippen molar-refractivity contribution >= 4 is 10.9 Å². The number of aromatic nitrogens is 1. The van der Waals surface area contributed by atoms with Gasteiger partial charge >= 0.3 is 12.4 Å². The molecule has 0 aliphatic carbocycles. The van der Waals surface area contributed by atoms with Crippen LogP contribution in [0.1, 0.15) is 22.9 Å². The molecule has 0 unspecified atom stereocenters. The highest BCUT2D eigenvalue weighted by Gasteiger charge is 2.37. The number of para-hydroxylation sites is 1. The third-order valence-electron chi connectivity index (χ3n) is 3.45. The molecular weight excluding hydrogens is 354 g/mol. The van der Waals surface area contributed by atoms with Crippen LogP contribution in [0.15, 0.2) is 24.3 Å². The quantitative estimate of drug-likeness (QED) is 0.561. The summed E-state index contributed by atoms with van der Waals surface area (Å²) in [6, 6.07) is 3.38. The molecule has 25 heavy (non-hydrogen) atoms. The number of nitrogens with one attached hydrogen (secondary N) is 1. The number of halogens is 6. The number of aliphatic hydroxyl groups is 2. The third kappa shape index (κ3) is 4.39. The lowest BCUT2D eigenvalue weighted by Crippen LogP contribution is -2.25. The molecule has 1 aromatic carbocycles. The second-order valence-corrected chi connectivity index (χ2v) is 5.24. The van der Waals surface area contributed by atoms with E-state index in [0.717, 1.165) is 6.07 Å². The molecule has 4 nitrogen and oxygen atoms in total. The highest BCUT2D eigenvalue weighted by Crippen LogP contribution is 2.38. The van der Waals surface area contributed by atoms with Crippen LogP contribution in [-0.4, -0.2) is 34.9 Å².